The molecule has 2 aromatic heterocycles. The van der Waals surface area contributed by atoms with Crippen molar-refractivity contribution in [2.24, 2.45) is 5.84 Å². The second kappa shape index (κ2) is 5.43. The lowest BCUT2D eigenvalue weighted by Crippen LogP contribution is -2.09. The number of nitrogens with zero attached hydrogens (tertiary/aromatic N) is 3. The summed E-state index contributed by atoms with van der Waals surface area (Å²) in [6.45, 7) is 0. The minimum Gasteiger partial charge on any atom is -0.308 e. The van der Waals surface area contributed by atoms with Gasteiger partial charge >= 0.3 is 0 Å². The van der Waals surface area contributed by atoms with Crippen LogP contribution in [0.3, 0.4) is 0 Å². The molecule has 0 aliphatic rings. The van der Waals surface area contributed by atoms with Gasteiger partial charge in [-0.2, -0.15) is 0 Å². The molecular weight excluding hydrogens is 254 g/mol. The van der Waals surface area contributed by atoms with Crippen LogP contribution in [-0.2, 0) is 0 Å². The van der Waals surface area contributed by atoms with Crippen LogP contribution in [0.1, 0.15) is 0 Å². The molecule has 3 N–H and O–H groups in total. The van der Waals surface area contributed by atoms with E-state index in [1.807, 2.05) is 6.07 Å². The van der Waals surface area contributed by atoms with Crippen molar-refractivity contribution in [1.82, 2.24) is 9.97 Å². The maximum atomic E-state index is 10.8. The molecule has 0 radical (unpaired) electrons. The molecule has 0 atom stereocenters. The largest absolute Gasteiger partial charge is 0.308 e. The van der Waals surface area contributed by atoms with Crippen molar-refractivity contribution in [2.75, 3.05) is 5.43 Å². The number of hydrazine groups is 1. The Morgan fingerprint density at radius 2 is 2.17 bits per heavy atom. The highest BCUT2D eigenvalue weighted by Gasteiger charge is 2.11. The Bertz CT molecular complexity index is 563. The highest BCUT2D eigenvalue weighted by atomic mass is 32.2. The number of pyridine rings is 2. The summed E-state index contributed by atoms with van der Waals surface area (Å²) in [5.41, 5.74) is 2.23. The highest BCUT2D eigenvalue weighted by molar-refractivity contribution is 7.99. The van der Waals surface area contributed by atoms with Gasteiger partial charge in [0, 0.05) is 12.3 Å². The molecule has 0 aliphatic carbocycles. The third-order valence-electron chi connectivity index (χ3n) is 1.99. The van der Waals surface area contributed by atoms with E-state index in [0.717, 1.165) is 0 Å². The van der Waals surface area contributed by atoms with Crippen LogP contribution in [-0.4, -0.2) is 14.9 Å². The molecule has 0 amide bonds. The Morgan fingerprint density at radius 3 is 2.78 bits per heavy atom. The first kappa shape index (κ1) is 12.3. The summed E-state index contributed by atoms with van der Waals surface area (Å²) in [7, 11) is 0. The smallest absolute Gasteiger partial charge is 0.275 e. The second-order valence-corrected chi connectivity index (χ2v) is 4.26. The molecule has 0 spiro atoms. The normalized spacial score (nSPS) is 10.1. The molecule has 0 fully saturated rings. The summed E-state index contributed by atoms with van der Waals surface area (Å²) in [4.78, 5) is 18.5. The molecular formula is C10H9N5O2S. The first-order valence-electron chi connectivity index (χ1n) is 4.91. The lowest BCUT2D eigenvalue weighted by Gasteiger charge is -2.03. The summed E-state index contributed by atoms with van der Waals surface area (Å²) < 4.78 is 0. The Labute approximate surface area is 107 Å². The van der Waals surface area contributed by atoms with Gasteiger partial charge in [0.2, 0.25) is 0 Å². The van der Waals surface area contributed by atoms with E-state index < -0.39 is 4.92 Å². The van der Waals surface area contributed by atoms with Gasteiger partial charge in [-0.25, -0.2) is 15.8 Å². The zero-order valence-corrected chi connectivity index (χ0v) is 9.92. The molecule has 2 aromatic rings. The van der Waals surface area contributed by atoms with Crippen molar-refractivity contribution in [3.63, 3.8) is 0 Å². The zero-order chi connectivity index (χ0) is 13.0. The molecule has 0 saturated heterocycles. The Morgan fingerprint density at radius 1 is 1.33 bits per heavy atom. The van der Waals surface area contributed by atoms with Gasteiger partial charge < -0.3 is 5.43 Å². The maximum absolute atomic E-state index is 10.8. The van der Waals surface area contributed by atoms with E-state index in [0.29, 0.717) is 10.1 Å². The van der Waals surface area contributed by atoms with E-state index in [2.05, 4.69) is 15.4 Å². The van der Waals surface area contributed by atoms with Crippen molar-refractivity contribution >= 4 is 23.3 Å². The second-order valence-electron chi connectivity index (χ2n) is 3.22. The van der Waals surface area contributed by atoms with E-state index in [9.17, 15) is 10.1 Å². The number of rotatable bonds is 4. The minimum atomic E-state index is -0.495. The fraction of sp³-hybridized carbons (Fsp3) is 0. The third-order valence-corrected chi connectivity index (χ3v) is 2.86. The molecule has 18 heavy (non-hydrogen) atoms. The van der Waals surface area contributed by atoms with Crippen LogP contribution in [0.4, 0.5) is 11.5 Å². The van der Waals surface area contributed by atoms with Gasteiger partial charge in [0.05, 0.1) is 11.0 Å². The fourth-order valence-electron chi connectivity index (χ4n) is 1.24. The monoisotopic (exact) mass is 263 g/mol. The van der Waals surface area contributed by atoms with Crippen LogP contribution < -0.4 is 11.3 Å². The summed E-state index contributed by atoms with van der Waals surface area (Å²) in [6.07, 6.45) is 1.64. The Hall–Kier alpha value is -2.19. The predicted molar refractivity (Wildman–Crippen MR) is 67.1 cm³/mol. The van der Waals surface area contributed by atoms with Crippen LogP contribution in [0.25, 0.3) is 0 Å². The highest BCUT2D eigenvalue weighted by Crippen LogP contribution is 2.28. The molecule has 0 saturated carbocycles. The number of nitro groups is 1. The molecule has 7 nitrogen and oxygen atoms in total. The summed E-state index contributed by atoms with van der Waals surface area (Å²) >= 11 is 1.23. The minimum absolute atomic E-state index is 0.0728. The molecule has 0 aromatic carbocycles. The number of nitrogen functional groups attached to an aromatic ring is 1. The van der Waals surface area contributed by atoms with Gasteiger partial charge in [-0.1, -0.05) is 6.07 Å². The zero-order valence-electron chi connectivity index (χ0n) is 9.11. The fourth-order valence-corrected chi connectivity index (χ4v) is 2.04. The van der Waals surface area contributed by atoms with Crippen molar-refractivity contribution in [2.45, 2.75) is 10.1 Å². The van der Waals surface area contributed by atoms with Gasteiger partial charge in [-0.15, -0.1) is 0 Å². The van der Waals surface area contributed by atoms with E-state index in [4.69, 9.17) is 5.84 Å². The van der Waals surface area contributed by atoms with Crippen molar-refractivity contribution < 1.29 is 4.92 Å². The number of nitrogens with two attached hydrogens (primary N) is 1. The topological polar surface area (TPSA) is 107 Å². The number of hydrogen-bond acceptors (Lipinski definition) is 7. The molecule has 2 rings (SSSR count). The predicted octanol–water partition coefficient (Wildman–Crippen LogP) is 1.82. The quantitative estimate of drug-likeness (QED) is 0.492. The number of aromatic nitrogens is 2. The van der Waals surface area contributed by atoms with Gasteiger partial charge in [0.1, 0.15) is 15.9 Å². The van der Waals surface area contributed by atoms with Gasteiger partial charge in [-0.05, 0) is 23.9 Å². The standard InChI is InChI=1S/C10H9N5O2S/c11-14-8-5-7(15(16)17)6-10(13-8)18-9-3-1-2-4-12-9/h1-6H,11H2,(H,13,14). The van der Waals surface area contributed by atoms with Gasteiger partial charge in [-0.3, -0.25) is 10.1 Å². The molecule has 0 bridgehead atoms. The van der Waals surface area contributed by atoms with E-state index in [-0.39, 0.29) is 11.5 Å². The first-order valence-corrected chi connectivity index (χ1v) is 5.72. The average molecular weight is 263 g/mol. The maximum Gasteiger partial charge on any atom is 0.275 e. The molecule has 2 heterocycles. The van der Waals surface area contributed by atoms with E-state index in [1.165, 1.54) is 23.9 Å². The first-order chi connectivity index (χ1) is 8.69. The van der Waals surface area contributed by atoms with Crippen LogP contribution in [0.5, 0.6) is 0 Å². The summed E-state index contributed by atoms with van der Waals surface area (Å²) in [5, 5.41) is 11.9. The van der Waals surface area contributed by atoms with E-state index in [1.54, 1.807) is 18.3 Å². The van der Waals surface area contributed by atoms with Crippen LogP contribution in [0, 0.1) is 10.1 Å². The van der Waals surface area contributed by atoms with Crippen molar-refractivity contribution in [3.8, 4) is 0 Å². The molecule has 92 valence electrons. The van der Waals surface area contributed by atoms with Gasteiger partial charge in [0.15, 0.2) is 0 Å². The summed E-state index contributed by atoms with van der Waals surface area (Å²) in [5.74, 6) is 5.46. The SMILES string of the molecule is NNc1cc([N+](=O)[O-])cc(Sc2ccccn2)n1. The summed E-state index contributed by atoms with van der Waals surface area (Å²) in [6, 6.07) is 8.05. The average Bonchev–Trinajstić information content (AvgIpc) is 2.39. The molecule has 0 unspecified atom stereocenters. The Kier molecular flexibility index (Phi) is 3.70. The number of hydrogen-bond donors (Lipinski definition) is 2. The molecule has 0 aliphatic heterocycles. The number of nitrogens with one attached hydrogen (secondary N) is 1. The van der Waals surface area contributed by atoms with Crippen molar-refractivity contribution in [3.05, 3.63) is 46.6 Å². The molecule has 8 heteroatoms. The van der Waals surface area contributed by atoms with Crippen LogP contribution in [0.2, 0.25) is 0 Å². The van der Waals surface area contributed by atoms with Crippen LogP contribution >= 0.6 is 11.8 Å². The van der Waals surface area contributed by atoms with E-state index >= 15 is 0 Å². The third kappa shape index (κ3) is 2.93. The lowest BCUT2D eigenvalue weighted by molar-refractivity contribution is -0.385. The number of anilines is 1. The van der Waals surface area contributed by atoms with Crippen molar-refractivity contribution in [1.29, 1.82) is 0 Å². The van der Waals surface area contributed by atoms with Crippen LogP contribution in [0.15, 0.2) is 46.6 Å². The lowest BCUT2D eigenvalue weighted by atomic mass is 10.4. The Balaban J connectivity index is 2.32. The van der Waals surface area contributed by atoms with Gasteiger partial charge in [0.25, 0.3) is 5.69 Å².